The van der Waals surface area contributed by atoms with Crippen LogP contribution in [0, 0.1) is 6.92 Å². The molecule has 1 amide bonds. The molecule has 1 aromatic heterocycles. The first-order valence-corrected chi connectivity index (χ1v) is 5.87. The van der Waals surface area contributed by atoms with Crippen LogP contribution in [0.25, 0.3) is 0 Å². The van der Waals surface area contributed by atoms with E-state index >= 15 is 0 Å². The molecular formula is C12H20N4O. The molecular weight excluding hydrogens is 216 g/mol. The maximum atomic E-state index is 10.6. The molecule has 0 saturated carbocycles. The number of nitrogens with one attached hydrogen (secondary N) is 1. The second-order valence-corrected chi connectivity index (χ2v) is 4.40. The SMILES string of the molecule is Cc1cc(NCCCC(N)=O)nc(C(C)C)n1. The average Bonchev–Trinajstić information content (AvgIpc) is 2.23. The van der Waals surface area contributed by atoms with Gasteiger partial charge >= 0.3 is 0 Å². The van der Waals surface area contributed by atoms with E-state index in [2.05, 4.69) is 29.1 Å². The van der Waals surface area contributed by atoms with E-state index in [1.165, 1.54) is 0 Å². The summed E-state index contributed by atoms with van der Waals surface area (Å²) >= 11 is 0. The van der Waals surface area contributed by atoms with Gasteiger partial charge in [-0.1, -0.05) is 13.8 Å². The summed E-state index contributed by atoms with van der Waals surface area (Å²) in [6.07, 6.45) is 1.11. The van der Waals surface area contributed by atoms with E-state index in [4.69, 9.17) is 5.73 Å². The maximum absolute atomic E-state index is 10.6. The molecule has 0 fully saturated rings. The van der Waals surface area contributed by atoms with E-state index in [9.17, 15) is 4.79 Å². The summed E-state index contributed by atoms with van der Waals surface area (Å²) in [5.74, 6) is 1.68. The highest BCUT2D eigenvalue weighted by Crippen LogP contribution is 2.13. The first-order chi connectivity index (χ1) is 7.99. The van der Waals surface area contributed by atoms with Gasteiger partial charge in [0.1, 0.15) is 11.6 Å². The highest BCUT2D eigenvalue weighted by molar-refractivity contribution is 5.73. The van der Waals surface area contributed by atoms with Gasteiger partial charge in [-0.05, 0) is 13.3 Å². The molecule has 1 aromatic rings. The second-order valence-electron chi connectivity index (χ2n) is 4.40. The average molecular weight is 236 g/mol. The quantitative estimate of drug-likeness (QED) is 0.735. The molecule has 3 N–H and O–H groups in total. The van der Waals surface area contributed by atoms with Crippen LogP contribution in [0.5, 0.6) is 0 Å². The fourth-order valence-electron chi connectivity index (χ4n) is 1.42. The number of nitrogens with zero attached hydrogens (tertiary/aromatic N) is 2. The number of carbonyl (C=O) groups excluding carboxylic acids is 1. The molecule has 0 aromatic carbocycles. The lowest BCUT2D eigenvalue weighted by atomic mass is 10.2. The van der Waals surface area contributed by atoms with Gasteiger partial charge in [0, 0.05) is 30.6 Å². The molecule has 0 saturated heterocycles. The molecule has 17 heavy (non-hydrogen) atoms. The molecule has 0 radical (unpaired) electrons. The number of primary amides is 1. The molecule has 1 heterocycles. The molecule has 0 aliphatic heterocycles. The zero-order valence-electron chi connectivity index (χ0n) is 10.7. The Morgan fingerprint density at radius 1 is 1.47 bits per heavy atom. The topological polar surface area (TPSA) is 80.9 Å². The Balaban J connectivity index is 2.55. The van der Waals surface area contributed by atoms with Gasteiger partial charge in [-0.25, -0.2) is 9.97 Å². The Labute approximate surface area is 102 Å². The number of nitrogens with two attached hydrogens (primary N) is 1. The van der Waals surface area contributed by atoms with Gasteiger partial charge in [0.25, 0.3) is 0 Å². The predicted octanol–water partition coefficient (Wildman–Crippen LogP) is 1.59. The minimum Gasteiger partial charge on any atom is -0.370 e. The Morgan fingerprint density at radius 3 is 2.76 bits per heavy atom. The van der Waals surface area contributed by atoms with Crippen LogP contribution in [0.1, 0.15) is 44.1 Å². The van der Waals surface area contributed by atoms with Crippen molar-refractivity contribution in [1.29, 1.82) is 0 Å². The second kappa shape index (κ2) is 6.18. The fraction of sp³-hybridized carbons (Fsp3) is 0.583. The minimum absolute atomic E-state index is 0.270. The van der Waals surface area contributed by atoms with Crippen molar-refractivity contribution in [1.82, 2.24) is 9.97 Å². The van der Waals surface area contributed by atoms with Crippen LogP contribution in [-0.2, 0) is 4.79 Å². The van der Waals surface area contributed by atoms with Crippen LogP contribution in [0.4, 0.5) is 5.82 Å². The van der Waals surface area contributed by atoms with E-state index in [0.29, 0.717) is 18.9 Å². The number of carbonyl (C=O) groups is 1. The zero-order chi connectivity index (χ0) is 12.8. The van der Waals surface area contributed by atoms with Crippen molar-refractivity contribution in [2.75, 3.05) is 11.9 Å². The minimum atomic E-state index is -0.270. The summed E-state index contributed by atoms with van der Waals surface area (Å²) in [5.41, 5.74) is 6.01. The molecule has 0 unspecified atom stereocenters. The van der Waals surface area contributed by atoms with Crippen molar-refractivity contribution in [3.05, 3.63) is 17.6 Å². The molecule has 0 aliphatic rings. The Kier molecular flexibility index (Phi) is 4.87. The van der Waals surface area contributed by atoms with Crippen LogP contribution in [-0.4, -0.2) is 22.4 Å². The van der Waals surface area contributed by atoms with Crippen molar-refractivity contribution in [3.8, 4) is 0 Å². The normalized spacial score (nSPS) is 10.6. The molecule has 1 rings (SSSR count). The number of hydrogen-bond acceptors (Lipinski definition) is 4. The summed E-state index contributed by atoms with van der Waals surface area (Å²) < 4.78 is 0. The lowest BCUT2D eigenvalue weighted by Crippen LogP contribution is -2.13. The van der Waals surface area contributed by atoms with Crippen LogP contribution < -0.4 is 11.1 Å². The number of aromatic nitrogens is 2. The van der Waals surface area contributed by atoms with Gasteiger partial charge in [0.2, 0.25) is 5.91 Å². The number of anilines is 1. The highest BCUT2D eigenvalue weighted by Gasteiger charge is 2.05. The molecule has 94 valence electrons. The molecule has 5 nitrogen and oxygen atoms in total. The molecule has 0 bridgehead atoms. The third-order valence-corrected chi connectivity index (χ3v) is 2.29. The number of hydrogen-bond donors (Lipinski definition) is 2. The van der Waals surface area contributed by atoms with Gasteiger partial charge in [0.15, 0.2) is 0 Å². The number of rotatable bonds is 6. The maximum Gasteiger partial charge on any atom is 0.217 e. The van der Waals surface area contributed by atoms with E-state index in [1.54, 1.807) is 0 Å². The largest absolute Gasteiger partial charge is 0.370 e. The van der Waals surface area contributed by atoms with Crippen LogP contribution >= 0.6 is 0 Å². The Morgan fingerprint density at radius 2 is 2.18 bits per heavy atom. The molecule has 0 aliphatic carbocycles. The zero-order valence-corrected chi connectivity index (χ0v) is 10.7. The van der Waals surface area contributed by atoms with E-state index < -0.39 is 0 Å². The summed E-state index contributed by atoms with van der Waals surface area (Å²) in [5, 5.41) is 3.18. The summed E-state index contributed by atoms with van der Waals surface area (Å²) in [6, 6.07) is 1.90. The van der Waals surface area contributed by atoms with Gasteiger partial charge in [0.05, 0.1) is 0 Å². The first-order valence-electron chi connectivity index (χ1n) is 5.87. The summed E-state index contributed by atoms with van der Waals surface area (Å²) in [7, 11) is 0. The molecule has 0 spiro atoms. The third kappa shape index (κ3) is 4.80. The standard InChI is InChI=1S/C12H20N4O/c1-8(2)12-15-9(3)7-11(16-12)14-6-4-5-10(13)17/h7-8H,4-6H2,1-3H3,(H2,13,17)(H,14,15,16). The lowest BCUT2D eigenvalue weighted by molar-refractivity contribution is -0.118. The highest BCUT2D eigenvalue weighted by atomic mass is 16.1. The lowest BCUT2D eigenvalue weighted by Gasteiger charge is -2.09. The first kappa shape index (κ1) is 13.4. The van der Waals surface area contributed by atoms with Gasteiger partial charge in [-0.3, -0.25) is 4.79 Å². The Bertz CT molecular complexity index is 390. The van der Waals surface area contributed by atoms with Gasteiger partial charge in [-0.15, -0.1) is 0 Å². The van der Waals surface area contributed by atoms with Crippen molar-refractivity contribution >= 4 is 11.7 Å². The number of aryl methyl sites for hydroxylation is 1. The van der Waals surface area contributed by atoms with Crippen molar-refractivity contribution < 1.29 is 4.79 Å². The van der Waals surface area contributed by atoms with Gasteiger partial charge < -0.3 is 11.1 Å². The number of amides is 1. The van der Waals surface area contributed by atoms with E-state index in [-0.39, 0.29) is 5.91 Å². The van der Waals surface area contributed by atoms with Crippen molar-refractivity contribution in [2.24, 2.45) is 5.73 Å². The van der Waals surface area contributed by atoms with Crippen molar-refractivity contribution in [2.45, 2.75) is 39.5 Å². The summed E-state index contributed by atoms with van der Waals surface area (Å²) in [6.45, 7) is 6.76. The van der Waals surface area contributed by atoms with E-state index in [0.717, 1.165) is 23.8 Å². The molecule has 0 atom stereocenters. The predicted molar refractivity (Wildman–Crippen MR) is 67.8 cm³/mol. The fourth-order valence-corrected chi connectivity index (χ4v) is 1.42. The van der Waals surface area contributed by atoms with Gasteiger partial charge in [-0.2, -0.15) is 0 Å². The van der Waals surface area contributed by atoms with Crippen LogP contribution in [0.15, 0.2) is 6.07 Å². The summed E-state index contributed by atoms with van der Waals surface area (Å²) in [4.78, 5) is 19.4. The smallest absolute Gasteiger partial charge is 0.217 e. The third-order valence-electron chi connectivity index (χ3n) is 2.29. The van der Waals surface area contributed by atoms with Crippen molar-refractivity contribution in [3.63, 3.8) is 0 Å². The monoisotopic (exact) mass is 236 g/mol. The van der Waals surface area contributed by atoms with Crippen LogP contribution in [0.2, 0.25) is 0 Å². The van der Waals surface area contributed by atoms with Crippen LogP contribution in [0.3, 0.4) is 0 Å². The Hall–Kier alpha value is -1.65. The molecule has 5 heteroatoms. The van der Waals surface area contributed by atoms with E-state index in [1.807, 2.05) is 13.0 Å².